The Bertz CT molecular complexity index is 336. The zero-order valence-electron chi connectivity index (χ0n) is 9.83. The summed E-state index contributed by atoms with van der Waals surface area (Å²) in [6, 6.07) is 7.64. The molecule has 0 spiro atoms. The van der Waals surface area contributed by atoms with Gasteiger partial charge in [0.25, 0.3) is 0 Å². The molecule has 0 aliphatic heterocycles. The van der Waals surface area contributed by atoms with Crippen LogP contribution in [0.4, 0.5) is 0 Å². The van der Waals surface area contributed by atoms with Gasteiger partial charge in [-0.05, 0) is 12.0 Å². The molecule has 1 rings (SSSR count). The van der Waals surface area contributed by atoms with Crippen molar-refractivity contribution in [3.63, 3.8) is 0 Å². The predicted octanol–water partition coefficient (Wildman–Crippen LogP) is 2.68. The van der Waals surface area contributed by atoms with Gasteiger partial charge in [-0.2, -0.15) is 0 Å². The third-order valence-electron chi connectivity index (χ3n) is 2.46. The fourth-order valence-electron chi connectivity index (χ4n) is 1.55. The Hall–Kier alpha value is -1.35. The summed E-state index contributed by atoms with van der Waals surface area (Å²) in [5, 5.41) is 7.44. The first-order valence-corrected chi connectivity index (χ1v) is 5.75. The van der Waals surface area contributed by atoms with E-state index in [9.17, 15) is 0 Å². The Morgan fingerprint density at radius 2 is 2.06 bits per heavy atom. The first kappa shape index (κ1) is 12.7. The molecule has 0 saturated carbocycles. The summed E-state index contributed by atoms with van der Waals surface area (Å²) >= 11 is 0. The molecule has 0 aliphatic rings. The standard InChI is InChI=1S/C13H20N2O/c1-2-3-6-9-16-10-11-7-4-5-8-12(11)13(14)15/h4-5,7-8H,2-3,6,9-10H2,1H3,(H3,14,15). The van der Waals surface area contributed by atoms with Crippen LogP contribution in [0.15, 0.2) is 24.3 Å². The topological polar surface area (TPSA) is 59.1 Å². The van der Waals surface area contributed by atoms with Gasteiger partial charge in [0, 0.05) is 12.2 Å². The SMILES string of the molecule is CCCCCOCc1ccccc1C(=N)N. The van der Waals surface area contributed by atoms with E-state index in [0.29, 0.717) is 6.61 Å². The van der Waals surface area contributed by atoms with E-state index in [4.69, 9.17) is 15.9 Å². The quantitative estimate of drug-likeness (QED) is 0.421. The minimum Gasteiger partial charge on any atom is -0.384 e. The lowest BCUT2D eigenvalue weighted by atomic mass is 10.1. The molecule has 16 heavy (non-hydrogen) atoms. The van der Waals surface area contributed by atoms with Crippen LogP contribution in [0.2, 0.25) is 0 Å². The lowest BCUT2D eigenvalue weighted by Crippen LogP contribution is -2.14. The Morgan fingerprint density at radius 3 is 2.75 bits per heavy atom. The van der Waals surface area contributed by atoms with Crippen molar-refractivity contribution in [1.29, 1.82) is 5.41 Å². The van der Waals surface area contributed by atoms with Crippen molar-refractivity contribution in [3.05, 3.63) is 35.4 Å². The fourth-order valence-corrected chi connectivity index (χ4v) is 1.55. The lowest BCUT2D eigenvalue weighted by Gasteiger charge is -2.08. The van der Waals surface area contributed by atoms with Crippen molar-refractivity contribution in [1.82, 2.24) is 0 Å². The highest BCUT2D eigenvalue weighted by Gasteiger charge is 2.03. The predicted molar refractivity (Wildman–Crippen MR) is 66.6 cm³/mol. The van der Waals surface area contributed by atoms with Gasteiger partial charge in [0.1, 0.15) is 5.84 Å². The first-order valence-electron chi connectivity index (χ1n) is 5.75. The zero-order valence-corrected chi connectivity index (χ0v) is 9.83. The largest absolute Gasteiger partial charge is 0.384 e. The summed E-state index contributed by atoms with van der Waals surface area (Å²) in [7, 11) is 0. The highest BCUT2D eigenvalue weighted by Crippen LogP contribution is 2.09. The molecule has 0 bridgehead atoms. The number of unbranched alkanes of at least 4 members (excludes halogenated alkanes) is 2. The average Bonchev–Trinajstić information content (AvgIpc) is 2.29. The van der Waals surface area contributed by atoms with Crippen LogP contribution >= 0.6 is 0 Å². The molecule has 0 aromatic heterocycles. The van der Waals surface area contributed by atoms with Crippen molar-refractivity contribution in [3.8, 4) is 0 Å². The molecule has 0 amide bonds. The molecule has 3 N–H and O–H groups in total. The highest BCUT2D eigenvalue weighted by atomic mass is 16.5. The Kier molecular flexibility index (Phi) is 5.57. The molecule has 1 aromatic rings. The number of nitrogens with two attached hydrogens (primary N) is 1. The van der Waals surface area contributed by atoms with Crippen LogP contribution in [-0.4, -0.2) is 12.4 Å². The molecular weight excluding hydrogens is 200 g/mol. The monoisotopic (exact) mass is 220 g/mol. The van der Waals surface area contributed by atoms with Gasteiger partial charge in [-0.25, -0.2) is 0 Å². The van der Waals surface area contributed by atoms with E-state index in [2.05, 4.69) is 6.92 Å². The number of amidine groups is 1. The van der Waals surface area contributed by atoms with Crippen LogP contribution in [-0.2, 0) is 11.3 Å². The van der Waals surface area contributed by atoms with E-state index in [0.717, 1.165) is 24.2 Å². The van der Waals surface area contributed by atoms with Crippen molar-refractivity contribution < 1.29 is 4.74 Å². The van der Waals surface area contributed by atoms with Crippen molar-refractivity contribution in [2.45, 2.75) is 32.8 Å². The van der Waals surface area contributed by atoms with Gasteiger partial charge >= 0.3 is 0 Å². The molecule has 0 unspecified atom stereocenters. The van der Waals surface area contributed by atoms with E-state index in [1.54, 1.807) is 0 Å². The molecular formula is C13H20N2O. The maximum atomic E-state index is 7.44. The first-order chi connectivity index (χ1) is 7.75. The highest BCUT2D eigenvalue weighted by molar-refractivity contribution is 5.96. The third kappa shape index (κ3) is 4.03. The number of nitrogens with one attached hydrogen (secondary N) is 1. The molecule has 88 valence electrons. The molecule has 3 nitrogen and oxygen atoms in total. The number of benzene rings is 1. The van der Waals surface area contributed by atoms with Gasteiger partial charge in [-0.3, -0.25) is 5.41 Å². The second kappa shape index (κ2) is 7.01. The van der Waals surface area contributed by atoms with Crippen molar-refractivity contribution in [2.75, 3.05) is 6.61 Å². The summed E-state index contributed by atoms with van der Waals surface area (Å²) in [6.45, 7) is 3.49. The Balaban J connectivity index is 2.44. The van der Waals surface area contributed by atoms with Crippen LogP contribution in [0.5, 0.6) is 0 Å². The Labute approximate surface area is 97.1 Å². The van der Waals surface area contributed by atoms with Crippen LogP contribution in [0, 0.1) is 5.41 Å². The summed E-state index contributed by atoms with van der Waals surface area (Å²) in [6.07, 6.45) is 3.50. The fraction of sp³-hybridized carbons (Fsp3) is 0.462. The van der Waals surface area contributed by atoms with Gasteiger partial charge in [0.15, 0.2) is 0 Å². The second-order valence-corrected chi connectivity index (χ2v) is 3.83. The summed E-state index contributed by atoms with van der Waals surface area (Å²) in [5.74, 6) is 0.104. The molecule has 0 saturated heterocycles. The Morgan fingerprint density at radius 1 is 1.31 bits per heavy atom. The van der Waals surface area contributed by atoms with Gasteiger partial charge in [-0.1, -0.05) is 44.0 Å². The van der Waals surface area contributed by atoms with Crippen LogP contribution < -0.4 is 5.73 Å². The number of hydrogen-bond donors (Lipinski definition) is 2. The maximum Gasteiger partial charge on any atom is 0.123 e. The second-order valence-electron chi connectivity index (χ2n) is 3.83. The van der Waals surface area contributed by atoms with Gasteiger partial charge in [0.05, 0.1) is 6.61 Å². The summed E-state index contributed by atoms with van der Waals surface area (Å²) in [5.41, 5.74) is 7.26. The maximum absolute atomic E-state index is 7.44. The molecule has 3 heteroatoms. The van der Waals surface area contributed by atoms with Gasteiger partial charge in [-0.15, -0.1) is 0 Å². The number of rotatable bonds is 7. The smallest absolute Gasteiger partial charge is 0.123 e. The van der Waals surface area contributed by atoms with E-state index in [1.165, 1.54) is 12.8 Å². The minimum atomic E-state index is 0.104. The number of hydrogen-bond acceptors (Lipinski definition) is 2. The van der Waals surface area contributed by atoms with Crippen LogP contribution in [0.25, 0.3) is 0 Å². The summed E-state index contributed by atoms with van der Waals surface area (Å²) in [4.78, 5) is 0. The number of ether oxygens (including phenoxy) is 1. The summed E-state index contributed by atoms with van der Waals surface area (Å²) < 4.78 is 5.56. The lowest BCUT2D eigenvalue weighted by molar-refractivity contribution is 0.117. The molecule has 1 aromatic carbocycles. The van der Waals surface area contributed by atoms with Gasteiger partial charge < -0.3 is 10.5 Å². The van der Waals surface area contributed by atoms with Crippen LogP contribution in [0.1, 0.15) is 37.3 Å². The van der Waals surface area contributed by atoms with E-state index in [1.807, 2.05) is 24.3 Å². The molecule has 0 aliphatic carbocycles. The molecule has 0 radical (unpaired) electrons. The average molecular weight is 220 g/mol. The van der Waals surface area contributed by atoms with E-state index < -0.39 is 0 Å². The van der Waals surface area contributed by atoms with E-state index >= 15 is 0 Å². The normalized spacial score (nSPS) is 10.3. The van der Waals surface area contributed by atoms with E-state index in [-0.39, 0.29) is 5.84 Å². The van der Waals surface area contributed by atoms with Gasteiger partial charge in [0.2, 0.25) is 0 Å². The molecule has 0 fully saturated rings. The molecule has 0 heterocycles. The third-order valence-corrected chi connectivity index (χ3v) is 2.46. The molecule has 0 atom stereocenters. The number of nitrogen functional groups attached to an aromatic ring is 1. The van der Waals surface area contributed by atoms with Crippen molar-refractivity contribution in [2.24, 2.45) is 5.73 Å². The minimum absolute atomic E-state index is 0.104. The van der Waals surface area contributed by atoms with Crippen LogP contribution in [0.3, 0.4) is 0 Å². The van der Waals surface area contributed by atoms with Crippen molar-refractivity contribution >= 4 is 5.84 Å². The zero-order chi connectivity index (χ0) is 11.8.